The van der Waals surface area contributed by atoms with E-state index >= 15 is 0 Å². The maximum atomic E-state index is 14.0. The van der Waals surface area contributed by atoms with Crippen molar-refractivity contribution in [3.8, 4) is 0 Å². The number of amides is 3. The first-order valence-electron chi connectivity index (χ1n) is 13.2. The average Bonchev–Trinajstić information content (AvgIpc) is 2.80. The summed E-state index contributed by atoms with van der Waals surface area (Å²) in [5.74, 6) is 0.219. The van der Waals surface area contributed by atoms with Crippen molar-refractivity contribution >= 4 is 29.7 Å². The minimum Gasteiger partial charge on any atom is -0.444 e. The van der Waals surface area contributed by atoms with Gasteiger partial charge in [0.1, 0.15) is 17.7 Å². The van der Waals surface area contributed by atoms with Crippen LogP contribution in [0.2, 0.25) is 0 Å². The number of nitrogens with zero attached hydrogens (tertiary/aromatic N) is 1. The molecular weight excluding hydrogens is 474 g/mol. The zero-order valence-corrected chi connectivity index (χ0v) is 24.1. The first kappa shape index (κ1) is 31.8. The molecule has 1 rings (SSSR count). The molecule has 2 N–H and O–H groups in total. The summed E-state index contributed by atoms with van der Waals surface area (Å²) in [7, 11) is 0. The Morgan fingerprint density at radius 2 is 1.67 bits per heavy atom. The summed E-state index contributed by atoms with van der Waals surface area (Å²) in [5, 5.41) is 5.90. The molecule has 1 aromatic carbocycles. The molecule has 0 aliphatic carbocycles. The standard InChI is InChI=1S/C28H47N3O4S/c1-8-10-14-19-31(26(33)23(18-20-36-7)30-27(34)35-28(4,5)6)24(22-16-12-11-13-17-22)25(32)29-21(3)15-9-2/h11-13,16-17,21,23-24H,8-10,14-15,18-20H2,1-7H3,(H,29,32)(H,30,34). The highest BCUT2D eigenvalue weighted by atomic mass is 32.2. The van der Waals surface area contributed by atoms with Gasteiger partial charge in [-0.15, -0.1) is 0 Å². The van der Waals surface area contributed by atoms with Crippen LogP contribution in [0.3, 0.4) is 0 Å². The van der Waals surface area contributed by atoms with Crippen LogP contribution < -0.4 is 10.6 Å². The lowest BCUT2D eigenvalue weighted by molar-refractivity contribution is -0.143. The number of nitrogens with one attached hydrogen (secondary N) is 2. The maximum absolute atomic E-state index is 14.0. The quantitative estimate of drug-likeness (QED) is 0.289. The number of benzene rings is 1. The fraction of sp³-hybridized carbons (Fsp3) is 0.679. The van der Waals surface area contributed by atoms with Crippen LogP contribution in [0.4, 0.5) is 4.79 Å². The number of carbonyl (C=O) groups excluding carboxylic acids is 3. The third-order valence-electron chi connectivity index (χ3n) is 5.67. The molecule has 0 aliphatic heterocycles. The second-order valence-electron chi connectivity index (χ2n) is 10.2. The predicted octanol–water partition coefficient (Wildman–Crippen LogP) is 5.70. The molecule has 0 heterocycles. The van der Waals surface area contributed by atoms with E-state index in [4.69, 9.17) is 4.74 Å². The number of hydrogen-bond donors (Lipinski definition) is 2. The van der Waals surface area contributed by atoms with Crippen molar-refractivity contribution in [1.29, 1.82) is 0 Å². The van der Waals surface area contributed by atoms with Gasteiger partial charge in [0.2, 0.25) is 11.8 Å². The Hall–Kier alpha value is -2.22. The van der Waals surface area contributed by atoms with Crippen LogP contribution in [-0.2, 0) is 14.3 Å². The third-order valence-corrected chi connectivity index (χ3v) is 6.31. The Labute approximate surface area is 222 Å². The summed E-state index contributed by atoms with van der Waals surface area (Å²) < 4.78 is 5.44. The molecule has 1 aromatic rings. The van der Waals surface area contributed by atoms with Crippen LogP contribution in [0.15, 0.2) is 30.3 Å². The fourth-order valence-corrected chi connectivity index (χ4v) is 4.45. The van der Waals surface area contributed by atoms with Crippen molar-refractivity contribution in [3.63, 3.8) is 0 Å². The molecule has 0 bridgehead atoms. The van der Waals surface area contributed by atoms with Gasteiger partial charge in [-0.3, -0.25) is 9.59 Å². The van der Waals surface area contributed by atoms with Gasteiger partial charge in [0.15, 0.2) is 0 Å². The average molecular weight is 522 g/mol. The molecule has 0 spiro atoms. The first-order chi connectivity index (χ1) is 17.0. The van der Waals surface area contributed by atoms with E-state index in [9.17, 15) is 14.4 Å². The lowest BCUT2D eigenvalue weighted by Gasteiger charge is -2.35. The molecule has 0 aliphatic rings. The molecule has 36 heavy (non-hydrogen) atoms. The topological polar surface area (TPSA) is 87.7 Å². The summed E-state index contributed by atoms with van der Waals surface area (Å²) in [6.45, 7) is 12.0. The van der Waals surface area contributed by atoms with E-state index in [0.717, 1.165) is 37.7 Å². The number of rotatable bonds is 15. The van der Waals surface area contributed by atoms with Gasteiger partial charge in [0.25, 0.3) is 0 Å². The Morgan fingerprint density at radius 1 is 1.00 bits per heavy atom. The van der Waals surface area contributed by atoms with E-state index in [1.807, 2.05) is 43.5 Å². The number of unbranched alkanes of at least 4 members (excludes halogenated alkanes) is 2. The van der Waals surface area contributed by atoms with Crippen molar-refractivity contribution in [1.82, 2.24) is 15.5 Å². The van der Waals surface area contributed by atoms with E-state index in [0.29, 0.717) is 18.7 Å². The number of carbonyl (C=O) groups is 3. The Kier molecular flexibility index (Phi) is 14.6. The Balaban J connectivity index is 3.38. The van der Waals surface area contributed by atoms with Crippen LogP contribution in [0, 0.1) is 0 Å². The normalized spacial score (nSPS) is 13.9. The van der Waals surface area contributed by atoms with Gasteiger partial charge >= 0.3 is 6.09 Å². The Bertz CT molecular complexity index is 798. The molecule has 204 valence electrons. The Morgan fingerprint density at radius 3 is 2.22 bits per heavy atom. The van der Waals surface area contributed by atoms with Crippen molar-refractivity contribution < 1.29 is 19.1 Å². The zero-order valence-electron chi connectivity index (χ0n) is 23.3. The molecule has 0 saturated heterocycles. The van der Waals surface area contributed by atoms with Crippen LogP contribution in [0.25, 0.3) is 0 Å². The predicted molar refractivity (Wildman–Crippen MR) is 149 cm³/mol. The highest BCUT2D eigenvalue weighted by Gasteiger charge is 2.36. The molecule has 3 amide bonds. The molecule has 0 fully saturated rings. The lowest BCUT2D eigenvalue weighted by atomic mass is 10.0. The molecule has 3 atom stereocenters. The smallest absolute Gasteiger partial charge is 0.408 e. The number of alkyl carbamates (subject to hydrolysis) is 1. The molecule has 0 aromatic heterocycles. The van der Waals surface area contributed by atoms with Crippen LogP contribution in [0.5, 0.6) is 0 Å². The lowest BCUT2D eigenvalue weighted by Crippen LogP contribution is -2.54. The third kappa shape index (κ3) is 11.7. The van der Waals surface area contributed by atoms with E-state index in [1.54, 1.807) is 37.4 Å². The van der Waals surface area contributed by atoms with Crippen LogP contribution in [0.1, 0.15) is 91.7 Å². The van der Waals surface area contributed by atoms with Crippen LogP contribution >= 0.6 is 11.8 Å². The van der Waals surface area contributed by atoms with Crippen LogP contribution in [-0.4, -0.2) is 59.0 Å². The maximum Gasteiger partial charge on any atom is 0.408 e. The van der Waals surface area contributed by atoms with Gasteiger partial charge in [-0.2, -0.15) is 11.8 Å². The second-order valence-corrected chi connectivity index (χ2v) is 11.2. The van der Waals surface area contributed by atoms with Crippen molar-refractivity contribution in [2.24, 2.45) is 0 Å². The molecule has 8 heteroatoms. The van der Waals surface area contributed by atoms with E-state index in [-0.39, 0.29) is 17.9 Å². The van der Waals surface area contributed by atoms with Gasteiger partial charge in [0, 0.05) is 12.6 Å². The molecule has 7 nitrogen and oxygen atoms in total. The van der Waals surface area contributed by atoms with Crippen molar-refractivity contribution in [2.45, 2.75) is 104 Å². The molecule has 0 saturated carbocycles. The van der Waals surface area contributed by atoms with Crippen molar-refractivity contribution in [2.75, 3.05) is 18.6 Å². The zero-order chi connectivity index (χ0) is 27.1. The minimum atomic E-state index is -0.791. The number of ether oxygens (including phenoxy) is 1. The SMILES string of the molecule is CCCCCN(C(=O)C(CCSC)NC(=O)OC(C)(C)C)C(C(=O)NC(C)CCC)c1ccccc1. The number of hydrogen-bond acceptors (Lipinski definition) is 5. The van der Waals surface area contributed by atoms with Gasteiger partial charge in [-0.25, -0.2) is 4.79 Å². The minimum absolute atomic E-state index is 0.00603. The van der Waals surface area contributed by atoms with Gasteiger partial charge in [-0.05, 0) is 64.5 Å². The summed E-state index contributed by atoms with van der Waals surface area (Å²) in [5.41, 5.74) is 0.0734. The highest BCUT2D eigenvalue weighted by molar-refractivity contribution is 7.98. The molecular formula is C28H47N3O4S. The van der Waals surface area contributed by atoms with E-state index < -0.39 is 23.8 Å². The van der Waals surface area contributed by atoms with Gasteiger partial charge in [-0.1, -0.05) is 63.4 Å². The largest absolute Gasteiger partial charge is 0.444 e. The number of thioether (sulfide) groups is 1. The summed E-state index contributed by atoms with van der Waals surface area (Å²) in [6, 6.07) is 7.84. The summed E-state index contributed by atoms with van der Waals surface area (Å²) in [4.78, 5) is 41.9. The van der Waals surface area contributed by atoms with Gasteiger partial charge in [0.05, 0.1) is 0 Å². The summed E-state index contributed by atoms with van der Waals surface area (Å²) in [6.07, 6.45) is 6.28. The molecule has 0 radical (unpaired) electrons. The van der Waals surface area contributed by atoms with E-state index in [2.05, 4.69) is 24.5 Å². The first-order valence-corrected chi connectivity index (χ1v) is 14.6. The molecule has 3 unspecified atom stereocenters. The second kappa shape index (κ2) is 16.5. The fourth-order valence-electron chi connectivity index (χ4n) is 3.98. The highest BCUT2D eigenvalue weighted by Crippen LogP contribution is 2.24. The van der Waals surface area contributed by atoms with Gasteiger partial charge < -0.3 is 20.3 Å². The monoisotopic (exact) mass is 521 g/mol. The summed E-state index contributed by atoms with van der Waals surface area (Å²) >= 11 is 1.60. The van der Waals surface area contributed by atoms with Crippen molar-refractivity contribution in [3.05, 3.63) is 35.9 Å². The van der Waals surface area contributed by atoms with E-state index in [1.165, 1.54) is 0 Å².